The Morgan fingerprint density at radius 1 is 1.44 bits per heavy atom. The molecular formula is C8H15N. The third-order valence-corrected chi connectivity index (χ3v) is 3.08. The molecular weight excluding hydrogens is 110 g/mol. The maximum atomic E-state index is 2.49. The Hall–Kier alpha value is -0.0400. The fraction of sp³-hybridized carbons (Fsp3) is 1.00. The lowest BCUT2D eigenvalue weighted by molar-refractivity contribution is 0.153. The predicted octanol–water partition coefficient (Wildman–Crippen LogP) is 1.35. The summed E-state index contributed by atoms with van der Waals surface area (Å²) in [5, 5.41) is 0. The van der Waals surface area contributed by atoms with Gasteiger partial charge in [-0.1, -0.05) is 6.92 Å². The third-order valence-electron chi connectivity index (χ3n) is 3.08. The van der Waals surface area contributed by atoms with E-state index in [0.717, 1.165) is 17.9 Å². The quantitative estimate of drug-likeness (QED) is 0.538. The van der Waals surface area contributed by atoms with E-state index in [1.165, 1.54) is 19.4 Å². The van der Waals surface area contributed by atoms with Crippen LogP contribution in [0.2, 0.25) is 0 Å². The Morgan fingerprint density at radius 2 is 2.22 bits per heavy atom. The zero-order valence-corrected chi connectivity index (χ0v) is 6.30. The van der Waals surface area contributed by atoms with Gasteiger partial charge >= 0.3 is 0 Å². The van der Waals surface area contributed by atoms with Gasteiger partial charge in [0.1, 0.15) is 0 Å². The van der Waals surface area contributed by atoms with E-state index in [9.17, 15) is 0 Å². The van der Waals surface area contributed by atoms with E-state index in [-0.39, 0.29) is 0 Å². The standard InChI is InChI=1S/C8H15N/c1-3-9(2)8-5-6-4-7(6)8/h6-8H,3-5H2,1-2H3. The number of fused-ring (bicyclic) bond motifs is 1. The first kappa shape index (κ1) is 5.72. The Bertz CT molecular complexity index is 122. The fourth-order valence-electron chi connectivity index (χ4n) is 2.04. The molecule has 0 bridgehead atoms. The van der Waals surface area contributed by atoms with Crippen LogP contribution in [-0.4, -0.2) is 24.5 Å². The third kappa shape index (κ3) is 0.710. The highest BCUT2D eigenvalue weighted by atomic mass is 15.2. The highest BCUT2D eigenvalue weighted by Crippen LogP contribution is 2.57. The lowest BCUT2D eigenvalue weighted by Gasteiger charge is -2.33. The van der Waals surface area contributed by atoms with Gasteiger partial charge < -0.3 is 4.90 Å². The molecule has 0 aliphatic heterocycles. The van der Waals surface area contributed by atoms with Crippen LogP contribution in [0.5, 0.6) is 0 Å². The van der Waals surface area contributed by atoms with Gasteiger partial charge in [0.25, 0.3) is 0 Å². The molecule has 0 aromatic carbocycles. The molecule has 0 radical (unpaired) electrons. The predicted molar refractivity (Wildman–Crippen MR) is 38.3 cm³/mol. The van der Waals surface area contributed by atoms with Crippen LogP contribution in [0, 0.1) is 11.8 Å². The van der Waals surface area contributed by atoms with Crippen LogP contribution in [0.15, 0.2) is 0 Å². The average molecular weight is 125 g/mol. The number of hydrogen-bond acceptors (Lipinski definition) is 1. The zero-order chi connectivity index (χ0) is 6.43. The fourth-order valence-corrected chi connectivity index (χ4v) is 2.04. The van der Waals surface area contributed by atoms with Crippen LogP contribution >= 0.6 is 0 Å². The van der Waals surface area contributed by atoms with Crippen molar-refractivity contribution in [2.24, 2.45) is 11.8 Å². The molecule has 1 nitrogen and oxygen atoms in total. The van der Waals surface area contributed by atoms with E-state index < -0.39 is 0 Å². The van der Waals surface area contributed by atoms with E-state index in [1.807, 2.05) is 0 Å². The lowest BCUT2D eigenvalue weighted by atomic mass is 9.92. The summed E-state index contributed by atoms with van der Waals surface area (Å²) in [5.74, 6) is 2.28. The van der Waals surface area contributed by atoms with Crippen molar-refractivity contribution in [3.63, 3.8) is 0 Å². The van der Waals surface area contributed by atoms with Crippen molar-refractivity contribution in [2.75, 3.05) is 13.6 Å². The van der Waals surface area contributed by atoms with Crippen molar-refractivity contribution in [1.82, 2.24) is 4.90 Å². The van der Waals surface area contributed by atoms with E-state index in [4.69, 9.17) is 0 Å². The average Bonchev–Trinajstić information content (AvgIpc) is 2.42. The normalized spacial score (nSPS) is 46.3. The molecule has 2 aliphatic carbocycles. The second-order valence-electron chi connectivity index (χ2n) is 3.54. The van der Waals surface area contributed by atoms with Gasteiger partial charge in [0.15, 0.2) is 0 Å². The van der Waals surface area contributed by atoms with Crippen LogP contribution < -0.4 is 0 Å². The van der Waals surface area contributed by atoms with Crippen molar-refractivity contribution in [3.05, 3.63) is 0 Å². The SMILES string of the molecule is CCN(C)C1CC2CC21. The minimum atomic E-state index is 0.972. The highest BCUT2D eigenvalue weighted by Gasteiger charge is 2.54. The van der Waals surface area contributed by atoms with Crippen molar-refractivity contribution in [2.45, 2.75) is 25.8 Å². The maximum absolute atomic E-state index is 2.49. The number of rotatable bonds is 2. The molecule has 0 N–H and O–H groups in total. The lowest BCUT2D eigenvalue weighted by Crippen LogP contribution is -2.39. The first-order valence-corrected chi connectivity index (χ1v) is 4.03. The second kappa shape index (κ2) is 1.72. The van der Waals surface area contributed by atoms with Crippen molar-refractivity contribution in [3.8, 4) is 0 Å². The summed E-state index contributed by atoms with van der Waals surface area (Å²) in [6.45, 7) is 3.48. The minimum Gasteiger partial charge on any atom is -0.303 e. The molecule has 2 saturated carbocycles. The van der Waals surface area contributed by atoms with Gasteiger partial charge in [-0.05, 0) is 38.3 Å². The molecule has 0 amide bonds. The molecule has 0 saturated heterocycles. The molecule has 1 heteroatoms. The molecule has 0 heterocycles. The van der Waals surface area contributed by atoms with Gasteiger partial charge in [0.2, 0.25) is 0 Å². The van der Waals surface area contributed by atoms with Crippen molar-refractivity contribution >= 4 is 0 Å². The molecule has 0 aromatic rings. The smallest absolute Gasteiger partial charge is 0.0126 e. The summed E-state index contributed by atoms with van der Waals surface area (Å²) >= 11 is 0. The van der Waals surface area contributed by atoms with E-state index in [0.29, 0.717) is 0 Å². The summed E-state index contributed by atoms with van der Waals surface area (Å²) in [6.07, 6.45) is 3.03. The molecule has 0 aromatic heterocycles. The molecule has 2 aliphatic rings. The van der Waals surface area contributed by atoms with Crippen LogP contribution in [0.25, 0.3) is 0 Å². The van der Waals surface area contributed by atoms with E-state index >= 15 is 0 Å². The topological polar surface area (TPSA) is 3.24 Å². The minimum absolute atomic E-state index is 0.972. The Balaban J connectivity index is 1.85. The molecule has 2 rings (SSSR count). The molecule has 3 unspecified atom stereocenters. The van der Waals surface area contributed by atoms with Crippen LogP contribution in [-0.2, 0) is 0 Å². The number of nitrogens with zero attached hydrogens (tertiary/aromatic N) is 1. The van der Waals surface area contributed by atoms with E-state index in [1.54, 1.807) is 0 Å². The largest absolute Gasteiger partial charge is 0.303 e. The molecule has 52 valence electrons. The highest BCUT2D eigenvalue weighted by molar-refractivity contribution is 5.06. The van der Waals surface area contributed by atoms with Gasteiger partial charge in [-0.25, -0.2) is 0 Å². The Labute approximate surface area is 57.0 Å². The first-order chi connectivity index (χ1) is 4.33. The van der Waals surface area contributed by atoms with Gasteiger partial charge in [0.05, 0.1) is 0 Å². The Kier molecular flexibility index (Phi) is 1.10. The molecule has 2 fully saturated rings. The summed E-state index contributed by atoms with van der Waals surface area (Å²) in [7, 11) is 2.25. The number of hydrogen-bond donors (Lipinski definition) is 0. The van der Waals surface area contributed by atoms with Crippen LogP contribution in [0.1, 0.15) is 19.8 Å². The van der Waals surface area contributed by atoms with E-state index in [2.05, 4.69) is 18.9 Å². The van der Waals surface area contributed by atoms with Crippen LogP contribution in [0.4, 0.5) is 0 Å². The Morgan fingerprint density at radius 3 is 2.56 bits per heavy atom. The zero-order valence-electron chi connectivity index (χ0n) is 6.30. The summed E-state index contributed by atoms with van der Waals surface area (Å²) in [4.78, 5) is 2.49. The first-order valence-electron chi connectivity index (χ1n) is 4.03. The maximum Gasteiger partial charge on any atom is 0.0126 e. The van der Waals surface area contributed by atoms with Gasteiger partial charge in [-0.2, -0.15) is 0 Å². The van der Waals surface area contributed by atoms with Crippen LogP contribution in [0.3, 0.4) is 0 Å². The molecule has 3 atom stereocenters. The van der Waals surface area contributed by atoms with Gasteiger partial charge in [-0.3, -0.25) is 0 Å². The van der Waals surface area contributed by atoms with Gasteiger partial charge in [-0.15, -0.1) is 0 Å². The van der Waals surface area contributed by atoms with Crippen molar-refractivity contribution < 1.29 is 0 Å². The molecule has 0 spiro atoms. The monoisotopic (exact) mass is 125 g/mol. The summed E-state index contributed by atoms with van der Waals surface area (Å²) in [6, 6.07) is 0.972. The summed E-state index contributed by atoms with van der Waals surface area (Å²) < 4.78 is 0. The van der Waals surface area contributed by atoms with Gasteiger partial charge in [0, 0.05) is 6.04 Å². The summed E-state index contributed by atoms with van der Waals surface area (Å²) in [5.41, 5.74) is 0. The molecule has 9 heavy (non-hydrogen) atoms. The van der Waals surface area contributed by atoms with Crippen molar-refractivity contribution in [1.29, 1.82) is 0 Å². The second-order valence-corrected chi connectivity index (χ2v) is 3.54.